The maximum absolute atomic E-state index is 11.4. The monoisotopic (exact) mass is 368 g/mol. The number of benzene rings is 1. The molecule has 1 aliphatic rings. The minimum absolute atomic E-state index is 0.260. The maximum atomic E-state index is 11.4. The molecular weight excluding hydrogens is 340 g/mol. The van der Waals surface area contributed by atoms with Crippen LogP contribution >= 0.6 is 0 Å². The summed E-state index contributed by atoms with van der Waals surface area (Å²) in [6, 6.07) is 7.96. The molecule has 2 rings (SSSR count). The van der Waals surface area contributed by atoms with Gasteiger partial charge >= 0.3 is 0 Å². The van der Waals surface area contributed by atoms with Gasteiger partial charge in [-0.1, -0.05) is 17.7 Å². The molecule has 1 fully saturated rings. The van der Waals surface area contributed by atoms with Crippen LogP contribution in [-0.2, 0) is 9.84 Å². The van der Waals surface area contributed by atoms with Crippen molar-refractivity contribution < 1.29 is 13.2 Å². The van der Waals surface area contributed by atoms with Crippen LogP contribution in [0, 0.1) is 6.92 Å². The molecule has 140 valence electrons. The molecule has 25 heavy (non-hydrogen) atoms. The van der Waals surface area contributed by atoms with Crippen molar-refractivity contribution >= 4 is 15.8 Å². The third-order valence-electron chi connectivity index (χ3n) is 4.07. The van der Waals surface area contributed by atoms with Gasteiger partial charge in [-0.15, -0.1) is 0 Å². The van der Waals surface area contributed by atoms with E-state index in [-0.39, 0.29) is 11.5 Å². The molecule has 7 nitrogen and oxygen atoms in total. The van der Waals surface area contributed by atoms with Crippen LogP contribution in [0.2, 0.25) is 0 Å². The van der Waals surface area contributed by atoms with Gasteiger partial charge < -0.3 is 15.4 Å². The normalized spacial score (nSPS) is 17.9. The first-order valence-corrected chi connectivity index (χ1v) is 10.4. The molecule has 1 aromatic rings. The summed E-state index contributed by atoms with van der Waals surface area (Å²) in [6.45, 7) is 5.99. The first-order valence-electron chi connectivity index (χ1n) is 8.55. The van der Waals surface area contributed by atoms with E-state index >= 15 is 0 Å². The van der Waals surface area contributed by atoms with Gasteiger partial charge in [0.2, 0.25) is 0 Å². The number of hydrogen-bond donors (Lipinski definition) is 2. The van der Waals surface area contributed by atoms with Crippen molar-refractivity contribution in [3.63, 3.8) is 0 Å². The second-order valence-electron chi connectivity index (χ2n) is 6.08. The number of hydrogen-bond acceptors (Lipinski definition) is 5. The van der Waals surface area contributed by atoms with Gasteiger partial charge in [-0.3, -0.25) is 9.89 Å². The zero-order valence-electron chi connectivity index (χ0n) is 15.0. The Kier molecular flexibility index (Phi) is 7.52. The van der Waals surface area contributed by atoms with Gasteiger partial charge in [-0.05, 0) is 19.1 Å². The van der Waals surface area contributed by atoms with Crippen LogP contribution in [0.25, 0.3) is 0 Å². The highest BCUT2D eigenvalue weighted by Crippen LogP contribution is 2.10. The molecule has 0 spiro atoms. The highest BCUT2D eigenvalue weighted by molar-refractivity contribution is 7.91. The smallest absolute Gasteiger partial charge is 0.191 e. The molecule has 0 saturated carbocycles. The number of nitrogens with one attached hydrogen (secondary N) is 2. The first kappa shape index (κ1) is 19.5. The van der Waals surface area contributed by atoms with Gasteiger partial charge in [0.15, 0.2) is 15.8 Å². The number of aryl methyl sites for hydroxylation is 1. The van der Waals surface area contributed by atoms with Gasteiger partial charge in [0.25, 0.3) is 0 Å². The lowest BCUT2D eigenvalue weighted by atomic mass is 10.2. The van der Waals surface area contributed by atoms with Gasteiger partial charge in [-0.25, -0.2) is 8.42 Å². The third kappa shape index (κ3) is 7.31. The molecule has 1 saturated heterocycles. The second-order valence-corrected chi connectivity index (χ2v) is 8.38. The Morgan fingerprint density at radius 3 is 2.44 bits per heavy atom. The minimum atomic E-state index is -2.81. The van der Waals surface area contributed by atoms with E-state index in [0.29, 0.717) is 26.2 Å². The molecule has 1 heterocycles. The molecule has 1 aromatic carbocycles. The van der Waals surface area contributed by atoms with Crippen molar-refractivity contribution in [1.29, 1.82) is 0 Å². The van der Waals surface area contributed by atoms with E-state index in [9.17, 15) is 8.42 Å². The van der Waals surface area contributed by atoms with Crippen LogP contribution in [0.5, 0.6) is 5.75 Å². The SMILES string of the molecule is CN=C(NCCOc1ccc(C)cc1)NCCN1CCS(=O)(=O)CC1. The maximum Gasteiger partial charge on any atom is 0.191 e. The van der Waals surface area contributed by atoms with E-state index in [1.54, 1.807) is 7.05 Å². The lowest BCUT2D eigenvalue weighted by Crippen LogP contribution is -2.46. The third-order valence-corrected chi connectivity index (χ3v) is 5.67. The number of nitrogens with zero attached hydrogens (tertiary/aromatic N) is 2. The van der Waals surface area contributed by atoms with Crippen LogP contribution < -0.4 is 15.4 Å². The molecule has 8 heteroatoms. The molecule has 0 aromatic heterocycles. The quantitative estimate of drug-likeness (QED) is 0.408. The minimum Gasteiger partial charge on any atom is -0.492 e. The van der Waals surface area contributed by atoms with Crippen LogP contribution in [0.15, 0.2) is 29.3 Å². The average Bonchev–Trinajstić information content (AvgIpc) is 2.60. The number of ether oxygens (including phenoxy) is 1. The van der Waals surface area contributed by atoms with E-state index in [0.717, 1.165) is 24.8 Å². The summed E-state index contributed by atoms with van der Waals surface area (Å²) < 4.78 is 28.5. The molecule has 0 aliphatic carbocycles. The summed E-state index contributed by atoms with van der Waals surface area (Å²) in [4.78, 5) is 6.33. The summed E-state index contributed by atoms with van der Waals surface area (Å²) in [5, 5.41) is 6.44. The van der Waals surface area contributed by atoms with Crippen LogP contribution in [0.4, 0.5) is 0 Å². The topological polar surface area (TPSA) is 83.0 Å². The molecular formula is C17H28N4O3S. The van der Waals surface area contributed by atoms with Crippen molar-refractivity contribution in [2.24, 2.45) is 4.99 Å². The first-order chi connectivity index (χ1) is 12.0. The summed E-state index contributed by atoms with van der Waals surface area (Å²) in [5.41, 5.74) is 1.21. The van der Waals surface area contributed by atoms with Gasteiger partial charge in [0.1, 0.15) is 12.4 Å². The molecule has 0 bridgehead atoms. The lowest BCUT2D eigenvalue weighted by Gasteiger charge is -2.26. The van der Waals surface area contributed by atoms with Crippen LogP contribution in [0.3, 0.4) is 0 Å². The van der Waals surface area contributed by atoms with E-state index in [1.165, 1.54) is 5.56 Å². The lowest BCUT2D eigenvalue weighted by molar-refractivity contribution is 0.299. The van der Waals surface area contributed by atoms with Gasteiger partial charge in [0.05, 0.1) is 18.1 Å². The highest BCUT2D eigenvalue weighted by atomic mass is 32.2. The Bertz CT molecular complexity index is 645. The average molecular weight is 369 g/mol. The molecule has 1 aliphatic heterocycles. The Balaban J connectivity index is 1.58. The van der Waals surface area contributed by atoms with Crippen molar-refractivity contribution in [2.75, 3.05) is 57.9 Å². The Labute approximate surface area is 150 Å². The summed E-state index contributed by atoms with van der Waals surface area (Å²) >= 11 is 0. The summed E-state index contributed by atoms with van der Waals surface area (Å²) in [6.07, 6.45) is 0. The fourth-order valence-electron chi connectivity index (χ4n) is 2.50. The number of guanidine groups is 1. The van der Waals surface area contributed by atoms with E-state index in [2.05, 4.69) is 20.5 Å². The van der Waals surface area contributed by atoms with Gasteiger partial charge in [-0.2, -0.15) is 0 Å². The van der Waals surface area contributed by atoms with Crippen LogP contribution in [0.1, 0.15) is 5.56 Å². The number of aliphatic imine (C=N–C) groups is 1. The van der Waals surface area contributed by atoms with Gasteiger partial charge in [0, 0.05) is 33.2 Å². The second kappa shape index (κ2) is 9.62. The highest BCUT2D eigenvalue weighted by Gasteiger charge is 2.20. The zero-order valence-corrected chi connectivity index (χ0v) is 15.8. The number of rotatable bonds is 7. The zero-order chi connectivity index (χ0) is 18.1. The molecule has 0 radical (unpaired) electrons. The predicted octanol–water partition coefficient (Wildman–Crippen LogP) is 0.269. The summed E-state index contributed by atoms with van der Waals surface area (Å²) in [7, 11) is -1.09. The molecule has 2 N–H and O–H groups in total. The Hall–Kier alpha value is -1.80. The molecule has 0 atom stereocenters. The van der Waals surface area contributed by atoms with Crippen LogP contribution in [-0.4, -0.2) is 77.2 Å². The largest absolute Gasteiger partial charge is 0.492 e. The predicted molar refractivity (Wildman–Crippen MR) is 101 cm³/mol. The molecule has 0 unspecified atom stereocenters. The number of sulfone groups is 1. The van der Waals surface area contributed by atoms with Crippen molar-refractivity contribution in [3.05, 3.63) is 29.8 Å². The van der Waals surface area contributed by atoms with E-state index in [4.69, 9.17) is 4.74 Å². The fourth-order valence-corrected chi connectivity index (χ4v) is 3.78. The van der Waals surface area contributed by atoms with E-state index in [1.807, 2.05) is 31.2 Å². The summed E-state index contributed by atoms with van der Waals surface area (Å²) in [5.74, 6) is 2.10. The van der Waals surface area contributed by atoms with E-state index < -0.39 is 9.84 Å². The molecule has 0 amide bonds. The standard InChI is InChI=1S/C17H28N4O3S/c1-15-3-5-16(6-4-15)24-12-8-20-17(18-2)19-7-9-21-10-13-25(22,23)14-11-21/h3-6H,7-14H2,1-2H3,(H2,18,19,20). The fraction of sp³-hybridized carbons (Fsp3) is 0.588. The van der Waals surface area contributed by atoms with Crippen molar-refractivity contribution in [1.82, 2.24) is 15.5 Å². The van der Waals surface area contributed by atoms with Crippen molar-refractivity contribution in [2.45, 2.75) is 6.92 Å². The Morgan fingerprint density at radius 1 is 1.16 bits per heavy atom. The van der Waals surface area contributed by atoms with Crippen molar-refractivity contribution in [3.8, 4) is 5.75 Å². The Morgan fingerprint density at radius 2 is 1.80 bits per heavy atom.